The van der Waals surface area contributed by atoms with E-state index in [2.05, 4.69) is 98.9 Å². The largest absolute Gasteiger partial charge is 0.472 e. The first-order chi connectivity index (χ1) is 24.8. The fourth-order valence-electron chi connectivity index (χ4n) is 4.52. The molecule has 0 radical (unpaired) electrons. The van der Waals surface area contributed by atoms with E-state index in [0.717, 1.165) is 89.9 Å². The Labute approximate surface area is 309 Å². The minimum Gasteiger partial charge on any atom is -0.462 e. The summed E-state index contributed by atoms with van der Waals surface area (Å²) in [6, 6.07) is 0. The summed E-state index contributed by atoms with van der Waals surface area (Å²) in [6.07, 6.45) is 44.7. The summed E-state index contributed by atoms with van der Waals surface area (Å²) in [5, 5.41) is 0. The predicted octanol–water partition coefficient (Wildman–Crippen LogP) is 10.5. The molecule has 9 nitrogen and oxygen atoms in total. The number of carbonyl (C=O) groups excluding carboxylic acids is 2. The van der Waals surface area contributed by atoms with Crippen LogP contribution in [0.4, 0.5) is 0 Å². The maximum absolute atomic E-state index is 12.5. The van der Waals surface area contributed by atoms with Crippen LogP contribution in [-0.2, 0) is 32.7 Å². The summed E-state index contributed by atoms with van der Waals surface area (Å²) >= 11 is 0. The fourth-order valence-corrected chi connectivity index (χ4v) is 5.28. The maximum atomic E-state index is 12.5. The van der Waals surface area contributed by atoms with Crippen molar-refractivity contribution in [3.63, 3.8) is 0 Å². The molecule has 0 aliphatic rings. The van der Waals surface area contributed by atoms with Crippen molar-refractivity contribution in [2.75, 3.05) is 26.4 Å². The molecule has 0 fully saturated rings. The van der Waals surface area contributed by atoms with Gasteiger partial charge >= 0.3 is 19.8 Å². The van der Waals surface area contributed by atoms with Crippen LogP contribution in [0.25, 0.3) is 0 Å². The van der Waals surface area contributed by atoms with Crippen LogP contribution in [0.3, 0.4) is 0 Å². The molecular weight excluding hydrogens is 665 g/mol. The lowest BCUT2D eigenvalue weighted by atomic mass is 10.1. The van der Waals surface area contributed by atoms with Gasteiger partial charge in [0.25, 0.3) is 0 Å². The molecule has 0 aromatic heterocycles. The number of allylic oxidation sites excluding steroid dienone is 14. The molecule has 0 saturated heterocycles. The van der Waals surface area contributed by atoms with Gasteiger partial charge in [0, 0.05) is 19.4 Å². The zero-order valence-electron chi connectivity index (χ0n) is 31.5. The van der Waals surface area contributed by atoms with Crippen molar-refractivity contribution in [1.29, 1.82) is 0 Å². The maximum Gasteiger partial charge on any atom is 0.472 e. The topological polar surface area (TPSA) is 134 Å². The van der Waals surface area contributed by atoms with Crippen LogP contribution in [0.15, 0.2) is 85.1 Å². The number of nitrogens with two attached hydrogens (primary N) is 1. The van der Waals surface area contributed by atoms with E-state index in [4.69, 9.17) is 24.3 Å². The SMILES string of the molecule is CC/C=C/C/C=C/C/C=C/C/C=C/CCCCC(=O)OC[C@H](COP(=O)(O)OCCN)OC(=O)CCCCCCC/C=C/C/C=C/C/C=C/CC. The molecule has 0 bridgehead atoms. The van der Waals surface area contributed by atoms with E-state index >= 15 is 0 Å². The highest BCUT2D eigenvalue weighted by Crippen LogP contribution is 2.43. The molecule has 0 aliphatic carbocycles. The third-order valence-electron chi connectivity index (χ3n) is 7.28. The Kier molecular flexibility index (Phi) is 34.9. The van der Waals surface area contributed by atoms with Crippen LogP contribution in [-0.4, -0.2) is 49.3 Å². The van der Waals surface area contributed by atoms with Crippen LogP contribution >= 0.6 is 7.82 Å². The third-order valence-corrected chi connectivity index (χ3v) is 8.26. The van der Waals surface area contributed by atoms with Crippen LogP contribution in [0.5, 0.6) is 0 Å². The van der Waals surface area contributed by atoms with E-state index < -0.39 is 32.5 Å². The van der Waals surface area contributed by atoms with Gasteiger partial charge in [-0.3, -0.25) is 18.6 Å². The van der Waals surface area contributed by atoms with E-state index in [1.54, 1.807) is 0 Å². The van der Waals surface area contributed by atoms with Gasteiger partial charge in [-0.2, -0.15) is 0 Å². The predicted molar refractivity (Wildman–Crippen MR) is 210 cm³/mol. The van der Waals surface area contributed by atoms with E-state index in [0.29, 0.717) is 12.8 Å². The van der Waals surface area contributed by atoms with Gasteiger partial charge in [-0.1, -0.05) is 118 Å². The van der Waals surface area contributed by atoms with Crippen molar-refractivity contribution >= 4 is 19.8 Å². The molecule has 1 unspecified atom stereocenters. The first kappa shape index (κ1) is 48.2. The second-order valence-electron chi connectivity index (χ2n) is 12.0. The zero-order valence-corrected chi connectivity index (χ0v) is 32.4. The minimum atomic E-state index is -4.39. The highest BCUT2D eigenvalue weighted by atomic mass is 31.2. The summed E-state index contributed by atoms with van der Waals surface area (Å²) in [6.45, 7) is 3.40. The zero-order chi connectivity index (χ0) is 37.5. The molecule has 0 heterocycles. The van der Waals surface area contributed by atoms with Crippen LogP contribution in [0, 0.1) is 0 Å². The van der Waals surface area contributed by atoms with Crippen molar-refractivity contribution in [2.24, 2.45) is 5.73 Å². The number of unbranched alkanes of at least 4 members (excludes halogenated alkanes) is 7. The third kappa shape index (κ3) is 36.8. The Morgan fingerprint density at radius 3 is 1.55 bits per heavy atom. The number of carbonyl (C=O) groups is 2. The number of hydrogen-bond acceptors (Lipinski definition) is 8. The average molecular weight is 734 g/mol. The number of phosphoric ester groups is 1. The first-order valence-electron chi connectivity index (χ1n) is 19.1. The van der Waals surface area contributed by atoms with E-state index in [-0.39, 0.29) is 32.6 Å². The van der Waals surface area contributed by atoms with E-state index in [1.807, 2.05) is 0 Å². The molecule has 0 spiro atoms. The van der Waals surface area contributed by atoms with Crippen molar-refractivity contribution in [2.45, 2.75) is 136 Å². The molecule has 290 valence electrons. The Morgan fingerprint density at radius 2 is 1.02 bits per heavy atom. The van der Waals surface area contributed by atoms with Crippen LogP contribution in [0.2, 0.25) is 0 Å². The average Bonchev–Trinajstić information content (AvgIpc) is 3.11. The highest BCUT2D eigenvalue weighted by Gasteiger charge is 2.25. The van der Waals surface area contributed by atoms with Gasteiger partial charge in [-0.15, -0.1) is 0 Å². The van der Waals surface area contributed by atoms with Crippen LogP contribution in [0.1, 0.15) is 129 Å². The van der Waals surface area contributed by atoms with Crippen molar-refractivity contribution in [3.8, 4) is 0 Å². The number of phosphoric acid groups is 1. The van der Waals surface area contributed by atoms with Gasteiger partial charge in [-0.25, -0.2) is 4.57 Å². The summed E-state index contributed by atoms with van der Waals surface area (Å²) < 4.78 is 32.6. The van der Waals surface area contributed by atoms with Gasteiger partial charge in [0.15, 0.2) is 6.10 Å². The van der Waals surface area contributed by atoms with Crippen molar-refractivity contribution < 1.29 is 37.6 Å². The molecular formula is C41H68NO8P. The van der Waals surface area contributed by atoms with Crippen molar-refractivity contribution in [1.82, 2.24) is 0 Å². The van der Waals surface area contributed by atoms with Crippen molar-refractivity contribution in [3.05, 3.63) is 85.1 Å². The normalized spacial score (nSPS) is 14.4. The highest BCUT2D eigenvalue weighted by molar-refractivity contribution is 7.47. The summed E-state index contributed by atoms with van der Waals surface area (Å²) in [5.74, 6) is -0.909. The van der Waals surface area contributed by atoms with Gasteiger partial charge in [0.1, 0.15) is 6.61 Å². The monoisotopic (exact) mass is 733 g/mol. The first-order valence-corrected chi connectivity index (χ1v) is 20.6. The summed E-state index contributed by atoms with van der Waals surface area (Å²) in [7, 11) is -4.39. The Bertz CT molecular complexity index is 1110. The van der Waals surface area contributed by atoms with Gasteiger partial charge in [0.2, 0.25) is 0 Å². The molecule has 0 amide bonds. The summed E-state index contributed by atoms with van der Waals surface area (Å²) in [4.78, 5) is 34.7. The molecule has 0 aliphatic heterocycles. The number of ether oxygens (including phenoxy) is 2. The lowest BCUT2D eigenvalue weighted by Crippen LogP contribution is -2.29. The molecule has 2 atom stereocenters. The van der Waals surface area contributed by atoms with Gasteiger partial charge in [-0.05, 0) is 83.5 Å². The second kappa shape index (κ2) is 37.0. The summed E-state index contributed by atoms with van der Waals surface area (Å²) in [5.41, 5.74) is 5.33. The second-order valence-corrected chi connectivity index (χ2v) is 13.5. The van der Waals surface area contributed by atoms with E-state index in [1.165, 1.54) is 0 Å². The Balaban J connectivity index is 4.35. The van der Waals surface area contributed by atoms with Gasteiger partial charge in [0.05, 0.1) is 13.2 Å². The molecule has 51 heavy (non-hydrogen) atoms. The molecule has 0 aromatic rings. The standard InChI is InChI=1S/C41H68NO8P/c1-3-5-7-9-11-13-15-17-19-21-23-25-27-29-31-33-40(43)47-37-39(38-49-51(45,46)48-36-35-42)50-41(44)34-32-30-28-26-24-22-20-18-16-14-12-10-8-6-4-2/h5-8,11-14,17-20,23,25,39H,3-4,9-10,15-16,21-22,24,26-38,42H2,1-2H3,(H,45,46)/b7-5+,8-6+,13-11+,14-12+,19-17+,20-18+,25-23+/t39-/m1/s1. The van der Waals surface area contributed by atoms with E-state index in [9.17, 15) is 19.0 Å². The lowest BCUT2D eigenvalue weighted by molar-refractivity contribution is -0.161. The number of hydrogen-bond donors (Lipinski definition) is 2. The molecule has 10 heteroatoms. The smallest absolute Gasteiger partial charge is 0.462 e. The quantitative estimate of drug-likeness (QED) is 0.0287. The van der Waals surface area contributed by atoms with Gasteiger partial charge < -0.3 is 20.1 Å². The fraction of sp³-hybridized carbons (Fsp3) is 0.610. The molecule has 0 saturated carbocycles. The molecule has 3 N–H and O–H groups in total. The Hall–Kier alpha value is -2.81. The van der Waals surface area contributed by atoms with Crippen LogP contribution < -0.4 is 5.73 Å². The minimum absolute atomic E-state index is 0.0396. The molecule has 0 rings (SSSR count). The number of esters is 2. The Morgan fingerprint density at radius 1 is 0.588 bits per heavy atom. The lowest BCUT2D eigenvalue weighted by Gasteiger charge is -2.19. The molecule has 0 aromatic carbocycles. The number of rotatable bonds is 34.